The minimum Gasteiger partial charge on any atom is -0.0985 e. The third-order valence-corrected chi connectivity index (χ3v) is 3.62. The van der Waals surface area contributed by atoms with Crippen LogP contribution in [0.15, 0.2) is 104 Å². The van der Waals surface area contributed by atoms with Crippen LogP contribution in [0.1, 0.15) is 22.3 Å². The molecule has 0 saturated carbocycles. The van der Waals surface area contributed by atoms with E-state index in [1.165, 1.54) is 22.2 Å². The average molecular weight is 361 g/mol. The van der Waals surface area contributed by atoms with E-state index < -0.39 is 0 Å². The van der Waals surface area contributed by atoms with Gasteiger partial charge in [-0.3, -0.25) is 0 Å². The normalized spacial score (nSPS) is 9.31. The molecule has 0 unspecified atom stereocenters. The maximum Gasteiger partial charge on any atom is 0.00484 e. The van der Waals surface area contributed by atoms with Crippen LogP contribution in [0.25, 0.3) is 18.2 Å². The third-order valence-electron chi connectivity index (χ3n) is 3.50. The van der Waals surface area contributed by atoms with Gasteiger partial charge in [0.2, 0.25) is 0 Å². The number of benzene rings is 3. The highest BCUT2D eigenvalue weighted by atomic mass is 35.5. The molecular formula is C25H25Cl. The monoisotopic (exact) mass is 360 g/mol. The van der Waals surface area contributed by atoms with Crippen molar-refractivity contribution >= 4 is 29.8 Å². The summed E-state index contributed by atoms with van der Waals surface area (Å²) in [5.41, 5.74) is 6.32. The molecule has 3 aromatic carbocycles. The molecule has 0 N–H and O–H groups in total. The van der Waals surface area contributed by atoms with Crippen LogP contribution in [0, 0.1) is 6.92 Å². The van der Waals surface area contributed by atoms with E-state index in [1.54, 1.807) is 0 Å². The van der Waals surface area contributed by atoms with E-state index in [1.807, 2.05) is 91.0 Å². The second-order valence-electron chi connectivity index (χ2n) is 5.38. The predicted octanol–water partition coefficient (Wildman–Crippen LogP) is 7.86. The fraction of sp³-hybridized carbons (Fsp3) is 0.0400. The number of halogens is 1. The van der Waals surface area contributed by atoms with Gasteiger partial charge in [-0.1, -0.05) is 122 Å². The number of rotatable bonds is 3. The number of aryl methyl sites for hydroxylation is 1. The van der Waals surface area contributed by atoms with Gasteiger partial charge in [-0.05, 0) is 35.3 Å². The zero-order valence-corrected chi connectivity index (χ0v) is 15.9. The van der Waals surface area contributed by atoms with E-state index in [-0.39, 0.29) is 0 Å². The van der Waals surface area contributed by atoms with E-state index in [0.717, 1.165) is 5.56 Å². The minimum absolute atomic E-state index is 1.13. The molecule has 0 aromatic heterocycles. The van der Waals surface area contributed by atoms with Crippen molar-refractivity contribution < 1.29 is 0 Å². The Morgan fingerprint density at radius 3 is 1.54 bits per heavy atom. The smallest absolute Gasteiger partial charge is 0.00484 e. The van der Waals surface area contributed by atoms with Gasteiger partial charge in [-0.15, -0.1) is 0 Å². The van der Waals surface area contributed by atoms with Crippen molar-refractivity contribution in [3.05, 3.63) is 126 Å². The van der Waals surface area contributed by atoms with E-state index in [9.17, 15) is 0 Å². The molecule has 0 nitrogen and oxygen atoms in total. The summed E-state index contributed by atoms with van der Waals surface area (Å²) in [5.74, 6) is 0. The van der Waals surface area contributed by atoms with Crippen molar-refractivity contribution in [1.82, 2.24) is 0 Å². The summed E-state index contributed by atoms with van der Waals surface area (Å²) < 4.78 is 0. The van der Waals surface area contributed by atoms with Gasteiger partial charge >= 0.3 is 0 Å². The van der Waals surface area contributed by atoms with E-state index >= 15 is 0 Å². The van der Waals surface area contributed by atoms with Crippen LogP contribution in [0.5, 0.6) is 0 Å². The molecule has 0 aliphatic carbocycles. The van der Waals surface area contributed by atoms with Crippen molar-refractivity contribution in [3.8, 4) is 0 Å². The van der Waals surface area contributed by atoms with Crippen LogP contribution < -0.4 is 0 Å². The maximum atomic E-state index is 5.36. The Bertz CT molecular complexity index is 787. The van der Waals surface area contributed by atoms with Crippen molar-refractivity contribution in [2.24, 2.45) is 0 Å². The molecule has 3 aromatic rings. The molecular weight excluding hydrogens is 336 g/mol. The van der Waals surface area contributed by atoms with Gasteiger partial charge in [0.1, 0.15) is 0 Å². The molecule has 26 heavy (non-hydrogen) atoms. The van der Waals surface area contributed by atoms with Gasteiger partial charge in [-0.2, -0.15) is 0 Å². The lowest BCUT2D eigenvalue weighted by molar-refractivity contribution is 1.45. The Hall–Kier alpha value is -2.83. The lowest BCUT2D eigenvalue weighted by Crippen LogP contribution is -1.75. The number of hydrogen-bond acceptors (Lipinski definition) is 0. The van der Waals surface area contributed by atoms with Gasteiger partial charge in [0, 0.05) is 5.54 Å². The second-order valence-corrected chi connectivity index (χ2v) is 5.63. The van der Waals surface area contributed by atoms with Crippen LogP contribution in [0.4, 0.5) is 0 Å². The third kappa shape index (κ3) is 8.86. The van der Waals surface area contributed by atoms with Crippen LogP contribution in [-0.2, 0) is 0 Å². The quantitative estimate of drug-likeness (QED) is 0.445. The standard InChI is InChI=1S/C9H10.C8H7Cl.C8H8/c1-3-9-7-5-4-6-8(9)2;9-7-6-8-4-2-1-3-5-8;1-2-8-6-4-3-5-7-8/h3-7H,1H2,2H3;1-7H;2-7H,1H2. The molecule has 0 saturated heterocycles. The maximum absolute atomic E-state index is 5.36. The summed E-state index contributed by atoms with van der Waals surface area (Å²) in [6.45, 7) is 9.40. The van der Waals surface area contributed by atoms with Gasteiger partial charge in [0.15, 0.2) is 0 Å². The highest BCUT2D eigenvalue weighted by molar-refractivity contribution is 6.27. The first-order valence-corrected chi connectivity index (χ1v) is 8.82. The summed E-state index contributed by atoms with van der Waals surface area (Å²) in [6.07, 6.45) is 5.55. The van der Waals surface area contributed by atoms with E-state index in [0.29, 0.717) is 0 Å². The number of hydrogen-bond donors (Lipinski definition) is 0. The van der Waals surface area contributed by atoms with Crippen LogP contribution >= 0.6 is 11.6 Å². The summed E-state index contributed by atoms with van der Waals surface area (Å²) >= 11 is 5.36. The van der Waals surface area contributed by atoms with Crippen LogP contribution in [0.2, 0.25) is 0 Å². The summed E-state index contributed by atoms with van der Waals surface area (Å²) in [4.78, 5) is 0. The first-order chi connectivity index (χ1) is 12.7. The van der Waals surface area contributed by atoms with Crippen molar-refractivity contribution in [2.75, 3.05) is 0 Å². The fourth-order valence-electron chi connectivity index (χ4n) is 2.04. The Kier molecular flexibility index (Phi) is 11.0. The lowest BCUT2D eigenvalue weighted by Gasteiger charge is -1.95. The van der Waals surface area contributed by atoms with Gasteiger partial charge < -0.3 is 0 Å². The van der Waals surface area contributed by atoms with Gasteiger partial charge in [-0.25, -0.2) is 0 Å². The summed E-state index contributed by atoms with van der Waals surface area (Å²) in [7, 11) is 0. The molecule has 0 radical (unpaired) electrons. The lowest BCUT2D eigenvalue weighted by atomic mass is 10.1. The molecule has 132 valence electrons. The molecule has 0 spiro atoms. The van der Waals surface area contributed by atoms with Crippen LogP contribution in [0.3, 0.4) is 0 Å². The Balaban J connectivity index is 0.000000195. The molecule has 0 heterocycles. The van der Waals surface area contributed by atoms with Crippen molar-refractivity contribution in [3.63, 3.8) is 0 Å². The molecule has 0 amide bonds. The molecule has 1 heteroatoms. The molecule has 0 fully saturated rings. The Morgan fingerprint density at radius 1 is 0.654 bits per heavy atom. The Labute approximate surface area is 162 Å². The molecule has 0 aliphatic heterocycles. The first-order valence-electron chi connectivity index (χ1n) is 8.38. The van der Waals surface area contributed by atoms with Crippen molar-refractivity contribution in [2.45, 2.75) is 6.92 Å². The fourth-order valence-corrected chi connectivity index (χ4v) is 2.19. The summed E-state index contributed by atoms with van der Waals surface area (Å²) in [6, 6.07) is 28.1. The van der Waals surface area contributed by atoms with E-state index in [2.05, 4.69) is 32.2 Å². The highest BCUT2D eigenvalue weighted by Gasteiger charge is 1.86. The predicted molar refractivity (Wildman–Crippen MR) is 119 cm³/mol. The molecule has 3 rings (SSSR count). The minimum atomic E-state index is 1.13. The molecule has 0 aliphatic rings. The highest BCUT2D eigenvalue weighted by Crippen LogP contribution is 2.06. The Morgan fingerprint density at radius 2 is 1.15 bits per heavy atom. The zero-order chi connectivity index (χ0) is 19.0. The van der Waals surface area contributed by atoms with Gasteiger partial charge in [0.25, 0.3) is 0 Å². The second kappa shape index (κ2) is 13.5. The topological polar surface area (TPSA) is 0 Å². The summed E-state index contributed by atoms with van der Waals surface area (Å²) in [5, 5.41) is 0. The zero-order valence-electron chi connectivity index (χ0n) is 15.2. The SMILES string of the molecule is C=Cc1ccccc1.C=Cc1ccccc1C.ClC=Cc1ccccc1. The van der Waals surface area contributed by atoms with Gasteiger partial charge in [0.05, 0.1) is 0 Å². The first kappa shape index (κ1) is 21.2. The van der Waals surface area contributed by atoms with E-state index in [4.69, 9.17) is 11.6 Å². The van der Waals surface area contributed by atoms with Crippen molar-refractivity contribution in [1.29, 1.82) is 0 Å². The largest absolute Gasteiger partial charge is 0.0985 e. The molecule has 0 bridgehead atoms. The molecule has 0 atom stereocenters. The van der Waals surface area contributed by atoms with Crippen LogP contribution in [-0.4, -0.2) is 0 Å². The average Bonchev–Trinajstić information content (AvgIpc) is 2.71.